The maximum Gasteiger partial charge on any atom is 0.573 e. The fraction of sp³-hybridized carbons (Fsp3) is 0.333. The molecule has 90 valence electrons. The highest BCUT2D eigenvalue weighted by molar-refractivity contribution is 5.31. The lowest BCUT2D eigenvalue weighted by molar-refractivity contribution is -0.275. The molecule has 0 aliphatic rings. The molecular weight excluding hydrogens is 228 g/mol. The number of hydrogen-bond acceptors (Lipinski definition) is 3. The Kier molecular flexibility index (Phi) is 3.71. The number of rotatable bonds is 3. The molecule has 3 nitrogen and oxygen atoms in total. The molecule has 0 heterocycles. The van der Waals surface area contributed by atoms with Crippen LogP contribution in [0.5, 0.6) is 5.75 Å². The topological polar surface area (TPSA) is 61.3 Å². The molecule has 0 fully saturated rings. The summed E-state index contributed by atoms with van der Waals surface area (Å²) >= 11 is 0. The van der Waals surface area contributed by atoms with E-state index in [-0.39, 0.29) is 6.54 Å². The maximum atomic E-state index is 13.2. The van der Waals surface area contributed by atoms with Gasteiger partial charge in [-0.2, -0.15) is 0 Å². The first kappa shape index (κ1) is 12.7. The van der Waals surface area contributed by atoms with Gasteiger partial charge in [-0.15, -0.1) is 13.2 Å². The van der Waals surface area contributed by atoms with Gasteiger partial charge in [0.1, 0.15) is 0 Å². The van der Waals surface area contributed by atoms with Gasteiger partial charge in [0.05, 0.1) is 0 Å². The first-order valence-electron chi connectivity index (χ1n) is 4.34. The number of alkyl halides is 3. The van der Waals surface area contributed by atoms with Crippen LogP contribution in [0.2, 0.25) is 0 Å². The SMILES string of the molecule is NC[C@H](N)c1ccc(OC(F)(F)F)c(F)c1. The molecule has 16 heavy (non-hydrogen) atoms. The average molecular weight is 238 g/mol. The Bertz CT molecular complexity index is 367. The number of hydrogen-bond donors (Lipinski definition) is 2. The first-order chi connectivity index (χ1) is 7.33. The molecule has 0 unspecified atom stereocenters. The summed E-state index contributed by atoms with van der Waals surface area (Å²) in [5.41, 5.74) is 11.0. The first-order valence-corrected chi connectivity index (χ1v) is 4.34. The van der Waals surface area contributed by atoms with Gasteiger partial charge in [-0.25, -0.2) is 4.39 Å². The zero-order valence-electron chi connectivity index (χ0n) is 8.09. The zero-order chi connectivity index (χ0) is 12.3. The predicted molar refractivity (Wildman–Crippen MR) is 49.1 cm³/mol. The number of benzene rings is 1. The summed E-state index contributed by atoms with van der Waals surface area (Å²) in [6.07, 6.45) is -4.92. The Labute approximate surface area is 89.0 Å². The largest absolute Gasteiger partial charge is 0.573 e. The number of ether oxygens (including phenoxy) is 1. The van der Waals surface area contributed by atoms with Gasteiger partial charge in [0.15, 0.2) is 11.6 Å². The van der Waals surface area contributed by atoms with Crippen molar-refractivity contribution in [2.75, 3.05) is 6.54 Å². The summed E-state index contributed by atoms with van der Waals surface area (Å²) in [6, 6.07) is 2.36. The minimum absolute atomic E-state index is 0.0684. The normalized spacial score (nSPS) is 13.6. The van der Waals surface area contributed by atoms with Gasteiger partial charge in [-0.05, 0) is 17.7 Å². The van der Waals surface area contributed by atoms with E-state index in [9.17, 15) is 17.6 Å². The van der Waals surface area contributed by atoms with E-state index < -0.39 is 24.0 Å². The molecule has 1 atom stereocenters. The molecule has 0 amide bonds. The van der Waals surface area contributed by atoms with Crippen LogP contribution < -0.4 is 16.2 Å². The Morgan fingerprint density at radius 1 is 1.31 bits per heavy atom. The number of nitrogens with two attached hydrogens (primary N) is 2. The fourth-order valence-electron chi connectivity index (χ4n) is 1.09. The van der Waals surface area contributed by atoms with Crippen molar-refractivity contribution in [3.63, 3.8) is 0 Å². The molecule has 0 spiro atoms. The summed E-state index contributed by atoms with van der Waals surface area (Å²) in [7, 11) is 0. The third-order valence-electron chi connectivity index (χ3n) is 1.86. The van der Waals surface area contributed by atoms with Crippen LogP contribution in [-0.4, -0.2) is 12.9 Å². The highest BCUT2D eigenvalue weighted by Gasteiger charge is 2.32. The summed E-state index contributed by atoms with van der Waals surface area (Å²) in [6.45, 7) is 0.0684. The molecule has 7 heteroatoms. The van der Waals surface area contributed by atoms with Gasteiger partial charge >= 0.3 is 6.36 Å². The van der Waals surface area contributed by atoms with Crippen molar-refractivity contribution in [3.8, 4) is 5.75 Å². The molecule has 0 saturated heterocycles. The molecule has 1 aromatic carbocycles. The third-order valence-corrected chi connectivity index (χ3v) is 1.86. The lowest BCUT2D eigenvalue weighted by atomic mass is 10.1. The molecule has 4 N–H and O–H groups in total. The van der Waals surface area contributed by atoms with E-state index in [1.165, 1.54) is 6.07 Å². The standard InChI is InChI=1S/C9H10F4N2O/c10-6-3-5(7(15)4-14)1-2-8(6)16-9(11,12)13/h1-3,7H,4,14-15H2/t7-/m0/s1. The molecule has 0 aliphatic heterocycles. The van der Waals surface area contributed by atoms with Crippen LogP contribution in [-0.2, 0) is 0 Å². The van der Waals surface area contributed by atoms with Crippen molar-refractivity contribution < 1.29 is 22.3 Å². The maximum absolute atomic E-state index is 13.2. The van der Waals surface area contributed by atoms with Crippen molar-refractivity contribution >= 4 is 0 Å². The third kappa shape index (κ3) is 3.35. The van der Waals surface area contributed by atoms with E-state index >= 15 is 0 Å². The second kappa shape index (κ2) is 4.67. The second-order valence-electron chi connectivity index (χ2n) is 3.08. The summed E-state index contributed by atoms with van der Waals surface area (Å²) in [5.74, 6) is -2.01. The van der Waals surface area contributed by atoms with E-state index in [4.69, 9.17) is 11.5 Å². The predicted octanol–water partition coefficient (Wildman–Crippen LogP) is 1.68. The van der Waals surface area contributed by atoms with E-state index in [0.29, 0.717) is 5.56 Å². The van der Waals surface area contributed by atoms with E-state index in [0.717, 1.165) is 12.1 Å². The summed E-state index contributed by atoms with van der Waals surface area (Å²) in [5, 5.41) is 0. The van der Waals surface area contributed by atoms with Crippen molar-refractivity contribution in [1.29, 1.82) is 0 Å². The van der Waals surface area contributed by atoms with Gasteiger partial charge in [-0.3, -0.25) is 0 Å². The Morgan fingerprint density at radius 3 is 2.38 bits per heavy atom. The van der Waals surface area contributed by atoms with Gasteiger partial charge < -0.3 is 16.2 Å². The number of halogens is 4. The molecule has 0 radical (unpaired) electrons. The molecular formula is C9H10F4N2O. The van der Waals surface area contributed by atoms with Gasteiger partial charge in [-0.1, -0.05) is 6.07 Å². The Balaban J connectivity index is 2.92. The van der Waals surface area contributed by atoms with Crippen LogP contribution in [0.4, 0.5) is 17.6 Å². The monoisotopic (exact) mass is 238 g/mol. The van der Waals surface area contributed by atoms with Crippen LogP contribution in [0.15, 0.2) is 18.2 Å². The molecule has 0 saturated carbocycles. The van der Waals surface area contributed by atoms with E-state index in [1.807, 2.05) is 0 Å². The lowest BCUT2D eigenvalue weighted by Gasteiger charge is -2.12. The Morgan fingerprint density at radius 2 is 1.94 bits per heavy atom. The summed E-state index contributed by atoms with van der Waals surface area (Å²) < 4.78 is 52.0. The second-order valence-corrected chi connectivity index (χ2v) is 3.08. The van der Waals surface area contributed by atoms with Crippen LogP contribution in [0.1, 0.15) is 11.6 Å². The van der Waals surface area contributed by atoms with Gasteiger partial charge in [0, 0.05) is 12.6 Å². The van der Waals surface area contributed by atoms with E-state index in [1.54, 1.807) is 0 Å². The van der Waals surface area contributed by atoms with Crippen molar-refractivity contribution in [1.82, 2.24) is 0 Å². The fourth-order valence-corrected chi connectivity index (χ4v) is 1.09. The van der Waals surface area contributed by atoms with Crippen LogP contribution in [0.3, 0.4) is 0 Å². The minimum Gasteiger partial charge on any atom is -0.403 e. The van der Waals surface area contributed by atoms with Gasteiger partial charge in [0.25, 0.3) is 0 Å². The minimum atomic E-state index is -4.92. The molecule has 0 aliphatic carbocycles. The average Bonchev–Trinajstić information content (AvgIpc) is 2.18. The molecule has 0 aromatic heterocycles. The van der Waals surface area contributed by atoms with Gasteiger partial charge in [0.2, 0.25) is 0 Å². The molecule has 1 rings (SSSR count). The Hall–Kier alpha value is -1.34. The van der Waals surface area contributed by atoms with E-state index in [2.05, 4.69) is 4.74 Å². The molecule has 1 aromatic rings. The van der Waals surface area contributed by atoms with Crippen molar-refractivity contribution in [2.24, 2.45) is 11.5 Å². The van der Waals surface area contributed by atoms with Crippen molar-refractivity contribution in [3.05, 3.63) is 29.6 Å². The van der Waals surface area contributed by atoms with Crippen LogP contribution >= 0.6 is 0 Å². The van der Waals surface area contributed by atoms with Crippen LogP contribution in [0, 0.1) is 5.82 Å². The van der Waals surface area contributed by atoms with Crippen molar-refractivity contribution in [2.45, 2.75) is 12.4 Å². The quantitative estimate of drug-likeness (QED) is 0.787. The summed E-state index contributed by atoms with van der Waals surface area (Å²) in [4.78, 5) is 0. The zero-order valence-corrected chi connectivity index (χ0v) is 8.09. The lowest BCUT2D eigenvalue weighted by Crippen LogP contribution is -2.21. The highest BCUT2D eigenvalue weighted by Crippen LogP contribution is 2.27. The van der Waals surface area contributed by atoms with Crippen LogP contribution in [0.25, 0.3) is 0 Å². The highest BCUT2D eigenvalue weighted by atomic mass is 19.4. The molecule has 0 bridgehead atoms. The smallest absolute Gasteiger partial charge is 0.403 e.